The first kappa shape index (κ1) is 17.1. The molecule has 130 valence electrons. The molecule has 0 radical (unpaired) electrons. The van der Waals surface area contributed by atoms with Crippen LogP contribution in [0.15, 0.2) is 59.5 Å². The van der Waals surface area contributed by atoms with Gasteiger partial charge in [-0.3, -0.25) is 10.1 Å². The SMILES string of the molecule is N#[N+]c1ccc2c(S(=O)(=O)Oc3cccc([N+](=O)[O-])c3)cccc2c1O. The molecule has 26 heavy (non-hydrogen) atoms. The van der Waals surface area contributed by atoms with Crippen LogP contribution in [-0.4, -0.2) is 18.4 Å². The van der Waals surface area contributed by atoms with Crippen molar-refractivity contribution in [2.24, 2.45) is 0 Å². The van der Waals surface area contributed by atoms with E-state index in [1.807, 2.05) is 0 Å². The summed E-state index contributed by atoms with van der Waals surface area (Å²) in [6, 6.07) is 11.5. The number of rotatable bonds is 4. The van der Waals surface area contributed by atoms with E-state index in [4.69, 9.17) is 9.58 Å². The zero-order valence-corrected chi connectivity index (χ0v) is 13.8. The molecule has 10 heteroatoms. The Morgan fingerprint density at radius 2 is 1.81 bits per heavy atom. The quantitative estimate of drug-likeness (QED) is 0.319. The highest BCUT2D eigenvalue weighted by Crippen LogP contribution is 2.37. The zero-order chi connectivity index (χ0) is 18.9. The van der Waals surface area contributed by atoms with Crippen LogP contribution in [0.4, 0.5) is 11.4 Å². The van der Waals surface area contributed by atoms with Gasteiger partial charge in [0.2, 0.25) is 11.1 Å². The Hall–Kier alpha value is -3.71. The van der Waals surface area contributed by atoms with Crippen LogP contribution in [-0.2, 0) is 10.1 Å². The second-order valence-corrected chi connectivity index (χ2v) is 6.69. The number of hydrogen-bond donors (Lipinski definition) is 1. The molecular weight excluding hydrogens is 362 g/mol. The molecule has 3 aromatic carbocycles. The second-order valence-electron chi connectivity index (χ2n) is 5.18. The van der Waals surface area contributed by atoms with Crippen LogP contribution in [0.3, 0.4) is 0 Å². The van der Waals surface area contributed by atoms with Gasteiger partial charge < -0.3 is 9.29 Å². The van der Waals surface area contributed by atoms with E-state index in [0.717, 1.165) is 6.07 Å². The lowest BCUT2D eigenvalue weighted by Gasteiger charge is -2.09. The van der Waals surface area contributed by atoms with Gasteiger partial charge in [-0.25, -0.2) is 0 Å². The topological polar surface area (TPSA) is 135 Å². The van der Waals surface area contributed by atoms with Crippen LogP contribution in [0.5, 0.6) is 11.5 Å². The van der Waals surface area contributed by atoms with Gasteiger partial charge in [-0.15, -0.1) is 0 Å². The Bertz CT molecular complexity index is 1180. The van der Waals surface area contributed by atoms with Gasteiger partial charge in [-0.2, -0.15) is 8.42 Å². The monoisotopic (exact) mass is 372 g/mol. The van der Waals surface area contributed by atoms with Crippen molar-refractivity contribution in [3.05, 3.63) is 69.7 Å². The van der Waals surface area contributed by atoms with Crippen molar-refractivity contribution >= 4 is 32.3 Å². The maximum Gasteiger partial charge on any atom is 0.426 e. The van der Waals surface area contributed by atoms with E-state index in [2.05, 4.69) is 4.98 Å². The minimum Gasteiger partial charge on any atom is -0.501 e. The molecular formula is C16H10N3O6S+. The van der Waals surface area contributed by atoms with Crippen LogP contribution < -0.4 is 4.18 Å². The molecule has 0 fully saturated rings. The Labute approximate surface area is 147 Å². The summed E-state index contributed by atoms with van der Waals surface area (Å²) in [5.74, 6) is -0.611. The number of nitrogens with zero attached hydrogens (tertiary/aromatic N) is 3. The smallest absolute Gasteiger partial charge is 0.426 e. The van der Waals surface area contributed by atoms with E-state index < -0.39 is 20.8 Å². The van der Waals surface area contributed by atoms with Crippen LogP contribution in [0.25, 0.3) is 15.7 Å². The molecule has 0 unspecified atom stereocenters. The van der Waals surface area contributed by atoms with Gasteiger partial charge >= 0.3 is 15.8 Å². The van der Waals surface area contributed by atoms with Crippen LogP contribution in [0.1, 0.15) is 0 Å². The number of phenolic OH excluding ortho intramolecular Hbond substituents is 1. The number of hydrogen-bond acceptors (Lipinski definition) is 7. The molecule has 0 atom stereocenters. The number of benzene rings is 3. The van der Waals surface area contributed by atoms with Crippen molar-refractivity contribution in [1.82, 2.24) is 0 Å². The average molecular weight is 372 g/mol. The van der Waals surface area contributed by atoms with Gasteiger partial charge in [0, 0.05) is 22.9 Å². The lowest BCUT2D eigenvalue weighted by atomic mass is 10.1. The van der Waals surface area contributed by atoms with Crippen molar-refractivity contribution in [3.63, 3.8) is 0 Å². The first-order valence-corrected chi connectivity index (χ1v) is 8.53. The van der Waals surface area contributed by atoms with E-state index in [0.29, 0.717) is 0 Å². The molecule has 3 rings (SSSR count). The normalized spacial score (nSPS) is 11.0. The molecule has 0 aliphatic carbocycles. The third-order valence-corrected chi connectivity index (χ3v) is 4.89. The molecule has 0 saturated heterocycles. The third kappa shape index (κ3) is 2.99. The van der Waals surface area contributed by atoms with Crippen molar-refractivity contribution in [2.45, 2.75) is 4.90 Å². The van der Waals surface area contributed by atoms with E-state index in [-0.39, 0.29) is 32.8 Å². The number of nitro benzene ring substituents is 1. The van der Waals surface area contributed by atoms with Crippen molar-refractivity contribution in [1.29, 1.82) is 5.39 Å². The number of diazo groups is 1. The van der Waals surface area contributed by atoms with Gasteiger partial charge in [0.25, 0.3) is 5.69 Å². The minimum absolute atomic E-state index is 0.119. The molecule has 0 heterocycles. The van der Waals surface area contributed by atoms with Crippen LogP contribution >= 0.6 is 0 Å². The number of fused-ring (bicyclic) bond motifs is 1. The molecule has 3 aromatic rings. The van der Waals surface area contributed by atoms with Gasteiger partial charge in [-0.05, 0) is 18.2 Å². The summed E-state index contributed by atoms with van der Waals surface area (Å²) >= 11 is 0. The van der Waals surface area contributed by atoms with Crippen molar-refractivity contribution in [2.75, 3.05) is 0 Å². The van der Waals surface area contributed by atoms with E-state index >= 15 is 0 Å². The molecule has 0 aliphatic rings. The Kier molecular flexibility index (Phi) is 4.15. The highest BCUT2D eigenvalue weighted by molar-refractivity contribution is 7.87. The standard InChI is InChI=1S/C16H9N3O6S/c17-18-14-8-7-12-13(16(14)20)5-2-6-15(12)26(23,24)25-11-4-1-3-10(9-11)19(21)22/h1-9H/p+1. The largest absolute Gasteiger partial charge is 0.501 e. The maximum absolute atomic E-state index is 12.6. The van der Waals surface area contributed by atoms with Crippen LogP contribution in [0.2, 0.25) is 0 Å². The van der Waals surface area contributed by atoms with Gasteiger partial charge in [0.15, 0.2) is 4.98 Å². The van der Waals surface area contributed by atoms with E-state index in [1.54, 1.807) is 0 Å². The fourth-order valence-corrected chi connectivity index (χ4v) is 3.56. The predicted molar refractivity (Wildman–Crippen MR) is 91.3 cm³/mol. The third-order valence-electron chi connectivity index (χ3n) is 3.58. The fraction of sp³-hybridized carbons (Fsp3) is 0. The Morgan fingerprint density at radius 3 is 2.50 bits per heavy atom. The number of nitro groups is 1. The summed E-state index contributed by atoms with van der Waals surface area (Å²) in [4.78, 5) is 12.8. The second kappa shape index (κ2) is 6.30. The van der Waals surface area contributed by atoms with Gasteiger partial charge in [0.05, 0.1) is 11.0 Å². The van der Waals surface area contributed by atoms with Gasteiger partial charge in [0.1, 0.15) is 10.6 Å². The number of non-ortho nitro benzene ring substituents is 1. The summed E-state index contributed by atoms with van der Waals surface area (Å²) < 4.78 is 30.2. The lowest BCUT2D eigenvalue weighted by Crippen LogP contribution is -2.10. The lowest BCUT2D eigenvalue weighted by molar-refractivity contribution is -0.384. The maximum atomic E-state index is 12.6. The number of aromatic hydroxyl groups is 1. The molecule has 0 aromatic heterocycles. The summed E-state index contributed by atoms with van der Waals surface area (Å²) in [5, 5.41) is 30.0. The van der Waals surface area contributed by atoms with Gasteiger partial charge in [-0.1, -0.05) is 18.2 Å². The van der Waals surface area contributed by atoms with Crippen molar-refractivity contribution < 1.29 is 22.6 Å². The Balaban J connectivity index is 2.11. The molecule has 9 nitrogen and oxygen atoms in total. The molecule has 0 bridgehead atoms. The molecule has 1 N–H and O–H groups in total. The predicted octanol–water partition coefficient (Wildman–Crippen LogP) is 3.71. The highest BCUT2D eigenvalue weighted by atomic mass is 32.2. The summed E-state index contributed by atoms with van der Waals surface area (Å²) in [6.45, 7) is 0. The summed E-state index contributed by atoms with van der Waals surface area (Å²) in [5.41, 5.74) is -0.436. The Morgan fingerprint density at radius 1 is 1.08 bits per heavy atom. The number of phenols is 1. The molecule has 0 aliphatic heterocycles. The first-order chi connectivity index (χ1) is 12.3. The zero-order valence-electron chi connectivity index (χ0n) is 12.9. The molecule has 0 saturated carbocycles. The first-order valence-electron chi connectivity index (χ1n) is 7.12. The highest BCUT2D eigenvalue weighted by Gasteiger charge is 2.24. The summed E-state index contributed by atoms with van der Waals surface area (Å²) in [6.07, 6.45) is 0. The van der Waals surface area contributed by atoms with Crippen molar-refractivity contribution in [3.8, 4) is 11.5 Å². The van der Waals surface area contributed by atoms with E-state index in [1.165, 1.54) is 48.5 Å². The fourth-order valence-electron chi connectivity index (χ4n) is 2.42. The molecule has 0 amide bonds. The minimum atomic E-state index is -4.35. The average Bonchev–Trinajstić information content (AvgIpc) is 2.61. The molecule has 0 spiro atoms. The summed E-state index contributed by atoms with van der Waals surface area (Å²) in [7, 11) is -4.35. The van der Waals surface area contributed by atoms with E-state index in [9.17, 15) is 23.6 Å². The van der Waals surface area contributed by atoms with Crippen LogP contribution in [0, 0.1) is 15.5 Å².